The molecule has 6 nitrogen and oxygen atoms in total. The van der Waals surface area contributed by atoms with Crippen molar-refractivity contribution in [3.05, 3.63) is 18.1 Å². The van der Waals surface area contributed by atoms with Crippen LogP contribution in [0, 0.1) is 5.92 Å². The molecule has 0 aromatic carbocycles. The number of amides is 1. The summed E-state index contributed by atoms with van der Waals surface area (Å²) < 4.78 is 0. The van der Waals surface area contributed by atoms with Gasteiger partial charge >= 0.3 is 0 Å². The Morgan fingerprint density at radius 1 is 1.38 bits per heavy atom. The number of H-pyrrole nitrogens is 1. The first-order valence-electron chi connectivity index (χ1n) is 9.00. The molecular formula is C18H27N5O. The summed E-state index contributed by atoms with van der Waals surface area (Å²) in [4.78, 5) is 26.7. The number of aromatic nitrogens is 3. The molecule has 6 heteroatoms. The highest BCUT2D eigenvalue weighted by Gasteiger charge is 2.27. The molecule has 0 spiro atoms. The van der Waals surface area contributed by atoms with E-state index in [-0.39, 0.29) is 17.9 Å². The molecule has 1 aliphatic heterocycles. The molecule has 3 rings (SSSR count). The third kappa shape index (κ3) is 3.23. The first-order chi connectivity index (χ1) is 11.6. The fraction of sp³-hybridized carbons (Fsp3) is 0.611. The van der Waals surface area contributed by atoms with Crippen molar-refractivity contribution < 1.29 is 4.79 Å². The maximum atomic E-state index is 12.3. The zero-order valence-electron chi connectivity index (χ0n) is 14.8. The molecule has 130 valence electrons. The second-order valence-electron chi connectivity index (χ2n) is 6.67. The average molecular weight is 329 g/mol. The smallest absolute Gasteiger partial charge is 0.223 e. The zero-order chi connectivity index (χ0) is 17.1. The largest absolute Gasteiger partial charge is 0.356 e. The van der Waals surface area contributed by atoms with E-state index in [0.29, 0.717) is 0 Å². The Hall–Kier alpha value is -2.11. The molecule has 0 radical (unpaired) electrons. The molecular weight excluding hydrogens is 302 g/mol. The van der Waals surface area contributed by atoms with Crippen molar-refractivity contribution in [1.82, 2.24) is 20.3 Å². The van der Waals surface area contributed by atoms with Gasteiger partial charge in [-0.15, -0.1) is 0 Å². The minimum Gasteiger partial charge on any atom is -0.356 e. The van der Waals surface area contributed by atoms with Gasteiger partial charge in [-0.25, -0.2) is 9.97 Å². The van der Waals surface area contributed by atoms with Crippen LogP contribution in [-0.2, 0) is 11.2 Å². The molecule has 24 heavy (non-hydrogen) atoms. The third-order valence-electron chi connectivity index (χ3n) is 5.08. The normalized spacial score (nSPS) is 17.2. The quantitative estimate of drug-likeness (QED) is 0.884. The molecule has 1 fully saturated rings. The van der Waals surface area contributed by atoms with Crippen LogP contribution < -0.4 is 10.2 Å². The summed E-state index contributed by atoms with van der Waals surface area (Å²) in [7, 11) is 0. The molecule has 0 aliphatic carbocycles. The van der Waals surface area contributed by atoms with E-state index >= 15 is 0 Å². The van der Waals surface area contributed by atoms with Gasteiger partial charge in [0.1, 0.15) is 17.8 Å². The molecule has 1 amide bonds. The molecule has 1 aliphatic rings. The molecule has 1 atom stereocenters. The van der Waals surface area contributed by atoms with E-state index in [2.05, 4.69) is 45.9 Å². The number of nitrogens with zero attached hydrogens (tertiary/aromatic N) is 3. The lowest BCUT2D eigenvalue weighted by Crippen LogP contribution is -2.43. The van der Waals surface area contributed by atoms with E-state index in [0.717, 1.165) is 55.6 Å². The van der Waals surface area contributed by atoms with Crippen molar-refractivity contribution in [2.75, 3.05) is 18.0 Å². The standard InChI is InChI=1S/C18H27N5O/c1-4-12(3)22-18(24)14-6-8-23(9-7-14)17-15-13(5-2)10-19-16(15)20-11-21-17/h10-12,14H,4-9H2,1-3H3,(H,22,24)(H,19,20,21). The highest BCUT2D eigenvalue weighted by molar-refractivity contribution is 5.91. The molecule has 1 saturated heterocycles. The summed E-state index contributed by atoms with van der Waals surface area (Å²) in [6.45, 7) is 8.02. The van der Waals surface area contributed by atoms with Gasteiger partial charge < -0.3 is 15.2 Å². The number of aromatic amines is 1. The molecule has 3 heterocycles. The number of anilines is 1. The van der Waals surface area contributed by atoms with Crippen LogP contribution >= 0.6 is 0 Å². The van der Waals surface area contributed by atoms with Crippen molar-refractivity contribution in [3.63, 3.8) is 0 Å². The summed E-state index contributed by atoms with van der Waals surface area (Å²) in [5, 5.41) is 4.24. The Kier molecular flexibility index (Phi) is 5.02. The van der Waals surface area contributed by atoms with Crippen LogP contribution in [0.25, 0.3) is 11.0 Å². The third-order valence-corrected chi connectivity index (χ3v) is 5.08. The SMILES string of the molecule is CCc1c[nH]c2ncnc(N3CCC(C(=O)NC(C)CC)CC3)c12. The number of carbonyl (C=O) groups excluding carboxylic acids is 1. The predicted molar refractivity (Wildman–Crippen MR) is 96.1 cm³/mol. The van der Waals surface area contributed by atoms with Crippen LogP contribution in [0.2, 0.25) is 0 Å². The van der Waals surface area contributed by atoms with Crippen molar-refractivity contribution in [2.45, 2.75) is 52.5 Å². The van der Waals surface area contributed by atoms with Crippen LogP contribution in [0.3, 0.4) is 0 Å². The van der Waals surface area contributed by atoms with Crippen LogP contribution in [0.4, 0.5) is 5.82 Å². The maximum absolute atomic E-state index is 12.3. The topological polar surface area (TPSA) is 73.9 Å². The van der Waals surface area contributed by atoms with E-state index in [1.54, 1.807) is 6.33 Å². The molecule has 1 unspecified atom stereocenters. The van der Waals surface area contributed by atoms with Crippen molar-refractivity contribution in [3.8, 4) is 0 Å². The monoisotopic (exact) mass is 329 g/mol. The average Bonchev–Trinajstić information content (AvgIpc) is 3.05. The highest BCUT2D eigenvalue weighted by atomic mass is 16.1. The number of hydrogen-bond donors (Lipinski definition) is 2. The van der Waals surface area contributed by atoms with Gasteiger partial charge in [-0.2, -0.15) is 0 Å². The van der Waals surface area contributed by atoms with E-state index in [1.807, 2.05) is 6.20 Å². The fourth-order valence-electron chi connectivity index (χ4n) is 3.34. The summed E-state index contributed by atoms with van der Waals surface area (Å²) >= 11 is 0. The van der Waals surface area contributed by atoms with E-state index < -0.39 is 0 Å². The lowest BCUT2D eigenvalue weighted by atomic mass is 9.95. The number of fused-ring (bicyclic) bond motifs is 1. The van der Waals surface area contributed by atoms with Gasteiger partial charge in [0.15, 0.2) is 0 Å². The minimum absolute atomic E-state index is 0.115. The van der Waals surface area contributed by atoms with E-state index in [4.69, 9.17) is 0 Å². The zero-order valence-corrected chi connectivity index (χ0v) is 14.8. The number of piperidine rings is 1. The number of aryl methyl sites for hydroxylation is 1. The summed E-state index contributed by atoms with van der Waals surface area (Å²) in [6.07, 6.45) is 7.31. The lowest BCUT2D eigenvalue weighted by Gasteiger charge is -2.33. The Balaban J connectivity index is 1.71. The minimum atomic E-state index is 0.115. The number of hydrogen-bond acceptors (Lipinski definition) is 4. The number of nitrogens with one attached hydrogen (secondary N) is 2. The van der Waals surface area contributed by atoms with Gasteiger partial charge in [-0.1, -0.05) is 13.8 Å². The molecule has 2 N–H and O–H groups in total. The van der Waals surface area contributed by atoms with Gasteiger partial charge in [-0.05, 0) is 38.2 Å². The molecule has 2 aromatic heterocycles. The van der Waals surface area contributed by atoms with Gasteiger partial charge in [0, 0.05) is 31.2 Å². The maximum Gasteiger partial charge on any atom is 0.223 e. The fourth-order valence-corrected chi connectivity index (χ4v) is 3.34. The van der Waals surface area contributed by atoms with E-state index in [9.17, 15) is 4.79 Å². The van der Waals surface area contributed by atoms with Gasteiger partial charge in [0.05, 0.1) is 5.39 Å². The highest BCUT2D eigenvalue weighted by Crippen LogP contribution is 2.30. The predicted octanol–water partition coefficient (Wildman–Crippen LogP) is 2.65. The van der Waals surface area contributed by atoms with Crippen LogP contribution in [-0.4, -0.2) is 40.0 Å². The van der Waals surface area contributed by atoms with Crippen LogP contribution in [0.5, 0.6) is 0 Å². The lowest BCUT2D eigenvalue weighted by molar-refractivity contribution is -0.126. The van der Waals surface area contributed by atoms with Crippen LogP contribution in [0.15, 0.2) is 12.5 Å². The molecule has 0 saturated carbocycles. The molecule has 2 aromatic rings. The Labute approximate surface area is 143 Å². The van der Waals surface area contributed by atoms with Gasteiger partial charge in [-0.3, -0.25) is 4.79 Å². The second-order valence-corrected chi connectivity index (χ2v) is 6.67. The summed E-state index contributed by atoms with van der Waals surface area (Å²) in [5.41, 5.74) is 2.14. The first kappa shape index (κ1) is 16.7. The second kappa shape index (κ2) is 7.20. The Morgan fingerprint density at radius 3 is 2.79 bits per heavy atom. The summed E-state index contributed by atoms with van der Waals surface area (Å²) in [6, 6.07) is 0.254. The Morgan fingerprint density at radius 2 is 2.12 bits per heavy atom. The van der Waals surface area contributed by atoms with Crippen LogP contribution in [0.1, 0.15) is 45.6 Å². The van der Waals surface area contributed by atoms with Gasteiger partial charge in [0.2, 0.25) is 5.91 Å². The van der Waals surface area contributed by atoms with E-state index in [1.165, 1.54) is 5.56 Å². The van der Waals surface area contributed by atoms with Crippen molar-refractivity contribution in [1.29, 1.82) is 0 Å². The first-order valence-corrected chi connectivity index (χ1v) is 9.00. The van der Waals surface area contributed by atoms with Crippen molar-refractivity contribution >= 4 is 22.8 Å². The molecule has 0 bridgehead atoms. The number of carbonyl (C=O) groups is 1. The van der Waals surface area contributed by atoms with Crippen molar-refractivity contribution in [2.24, 2.45) is 5.92 Å². The Bertz CT molecular complexity index is 702. The van der Waals surface area contributed by atoms with Gasteiger partial charge in [0.25, 0.3) is 0 Å². The number of rotatable bonds is 5. The summed E-state index contributed by atoms with van der Waals surface area (Å²) in [5.74, 6) is 1.32.